The molecule has 1 aromatic heterocycles. The van der Waals surface area contributed by atoms with Crippen molar-refractivity contribution in [1.82, 2.24) is 15.6 Å². The summed E-state index contributed by atoms with van der Waals surface area (Å²) in [6.45, 7) is 2.93. The molecule has 0 aliphatic carbocycles. The van der Waals surface area contributed by atoms with Gasteiger partial charge in [-0.05, 0) is 19.1 Å². The summed E-state index contributed by atoms with van der Waals surface area (Å²) in [4.78, 5) is 14.3. The van der Waals surface area contributed by atoms with E-state index in [9.17, 15) is 9.18 Å². The van der Waals surface area contributed by atoms with Gasteiger partial charge in [-0.15, -0.1) is 0 Å². The number of primary amides is 1. The normalized spacial score (nSPS) is 12.1. The van der Waals surface area contributed by atoms with Crippen LogP contribution < -0.4 is 16.4 Å². The third-order valence-corrected chi connectivity index (χ3v) is 2.07. The average molecular weight is 226 g/mol. The number of nitrogens with zero attached hydrogens (tertiary/aromatic N) is 1. The number of halogens is 1. The minimum absolute atomic E-state index is 0.00437. The van der Waals surface area contributed by atoms with Crippen LogP contribution in [-0.2, 0) is 0 Å². The highest BCUT2D eigenvalue weighted by Crippen LogP contribution is 2.08. The van der Waals surface area contributed by atoms with Gasteiger partial charge in [-0.1, -0.05) is 0 Å². The lowest BCUT2D eigenvalue weighted by atomic mass is 10.2. The van der Waals surface area contributed by atoms with Gasteiger partial charge < -0.3 is 16.4 Å². The Hall–Kier alpha value is -1.69. The number of urea groups is 1. The number of aromatic nitrogens is 1. The molecule has 0 fully saturated rings. The first-order valence-electron chi connectivity index (χ1n) is 4.97. The van der Waals surface area contributed by atoms with Crippen LogP contribution >= 0.6 is 0 Å². The zero-order chi connectivity index (χ0) is 12.0. The second-order valence-corrected chi connectivity index (χ2v) is 3.37. The van der Waals surface area contributed by atoms with Crippen molar-refractivity contribution in [1.29, 1.82) is 0 Å². The fraction of sp³-hybridized carbons (Fsp3) is 0.400. The molecular formula is C10H15FN4O. The van der Waals surface area contributed by atoms with Gasteiger partial charge in [0.25, 0.3) is 0 Å². The van der Waals surface area contributed by atoms with E-state index in [4.69, 9.17) is 5.73 Å². The SMILES string of the molecule is CC(NCCNC(N)=O)c1ccc(F)cn1. The quantitative estimate of drug-likeness (QED) is 0.641. The molecule has 6 heteroatoms. The number of carbonyl (C=O) groups excluding carboxylic acids is 1. The summed E-state index contributed by atoms with van der Waals surface area (Å²) >= 11 is 0. The summed E-state index contributed by atoms with van der Waals surface area (Å²) < 4.78 is 12.6. The Morgan fingerprint density at radius 2 is 2.31 bits per heavy atom. The van der Waals surface area contributed by atoms with Gasteiger partial charge in [0.1, 0.15) is 5.82 Å². The Kier molecular flexibility index (Phi) is 4.65. The molecule has 0 bridgehead atoms. The van der Waals surface area contributed by atoms with E-state index >= 15 is 0 Å². The molecule has 0 spiro atoms. The van der Waals surface area contributed by atoms with E-state index in [1.54, 1.807) is 6.07 Å². The maximum Gasteiger partial charge on any atom is 0.312 e. The highest BCUT2D eigenvalue weighted by Gasteiger charge is 2.05. The third kappa shape index (κ3) is 4.22. The van der Waals surface area contributed by atoms with Gasteiger partial charge in [-0.3, -0.25) is 4.98 Å². The van der Waals surface area contributed by atoms with Crippen LogP contribution in [0.4, 0.5) is 9.18 Å². The Bertz CT molecular complexity index is 341. The van der Waals surface area contributed by atoms with Gasteiger partial charge in [-0.25, -0.2) is 9.18 Å². The number of nitrogens with two attached hydrogens (primary N) is 1. The number of amides is 2. The number of hydrogen-bond donors (Lipinski definition) is 3. The number of carbonyl (C=O) groups is 1. The maximum atomic E-state index is 12.6. The topological polar surface area (TPSA) is 80.0 Å². The Balaban J connectivity index is 2.32. The van der Waals surface area contributed by atoms with Crippen LogP contribution in [0.25, 0.3) is 0 Å². The second-order valence-electron chi connectivity index (χ2n) is 3.37. The van der Waals surface area contributed by atoms with Crippen molar-refractivity contribution in [3.05, 3.63) is 29.8 Å². The van der Waals surface area contributed by atoms with Crippen molar-refractivity contribution in [2.24, 2.45) is 5.73 Å². The molecule has 0 aromatic carbocycles. The first kappa shape index (κ1) is 12.4. The predicted octanol–water partition coefficient (Wildman–Crippen LogP) is 0.540. The van der Waals surface area contributed by atoms with E-state index < -0.39 is 6.03 Å². The van der Waals surface area contributed by atoms with Crippen molar-refractivity contribution in [3.63, 3.8) is 0 Å². The molecule has 1 heterocycles. The van der Waals surface area contributed by atoms with E-state index in [1.807, 2.05) is 6.92 Å². The highest BCUT2D eigenvalue weighted by molar-refractivity contribution is 5.71. The van der Waals surface area contributed by atoms with Crippen LogP contribution in [0, 0.1) is 5.82 Å². The van der Waals surface area contributed by atoms with Gasteiger partial charge in [0.2, 0.25) is 0 Å². The number of pyridine rings is 1. The van der Waals surface area contributed by atoms with Crippen LogP contribution in [0.15, 0.2) is 18.3 Å². The van der Waals surface area contributed by atoms with Crippen LogP contribution in [0.1, 0.15) is 18.7 Å². The second kappa shape index (κ2) is 6.02. The van der Waals surface area contributed by atoms with E-state index in [0.717, 1.165) is 5.69 Å². The van der Waals surface area contributed by atoms with Gasteiger partial charge in [0.05, 0.1) is 11.9 Å². The van der Waals surface area contributed by atoms with Crippen molar-refractivity contribution in [3.8, 4) is 0 Å². The number of rotatable bonds is 5. The molecule has 0 aliphatic heterocycles. The fourth-order valence-electron chi connectivity index (χ4n) is 1.22. The molecule has 0 radical (unpaired) electrons. The molecule has 1 unspecified atom stereocenters. The van der Waals surface area contributed by atoms with Gasteiger partial charge in [0, 0.05) is 19.1 Å². The monoisotopic (exact) mass is 226 g/mol. The smallest absolute Gasteiger partial charge is 0.312 e. The molecule has 0 saturated heterocycles. The summed E-state index contributed by atoms with van der Waals surface area (Å²) in [5, 5.41) is 5.58. The van der Waals surface area contributed by atoms with Gasteiger partial charge >= 0.3 is 6.03 Å². The van der Waals surface area contributed by atoms with Crippen LogP contribution in [0.5, 0.6) is 0 Å². The molecule has 88 valence electrons. The van der Waals surface area contributed by atoms with E-state index in [1.165, 1.54) is 12.3 Å². The molecule has 16 heavy (non-hydrogen) atoms. The number of nitrogens with one attached hydrogen (secondary N) is 2. The lowest BCUT2D eigenvalue weighted by Gasteiger charge is -2.13. The summed E-state index contributed by atoms with van der Waals surface area (Å²) in [5.74, 6) is -0.355. The molecule has 1 rings (SSSR count). The molecule has 1 aromatic rings. The lowest BCUT2D eigenvalue weighted by Crippen LogP contribution is -2.36. The standard InChI is InChI=1S/C10H15FN4O/c1-7(13-4-5-14-10(12)16)9-3-2-8(11)6-15-9/h2-3,6-7,13H,4-5H2,1H3,(H3,12,14,16). The Morgan fingerprint density at radius 3 is 2.88 bits per heavy atom. The van der Waals surface area contributed by atoms with Crippen LogP contribution in [0.2, 0.25) is 0 Å². The first-order valence-corrected chi connectivity index (χ1v) is 4.97. The highest BCUT2D eigenvalue weighted by atomic mass is 19.1. The van der Waals surface area contributed by atoms with Gasteiger partial charge in [0.15, 0.2) is 0 Å². The summed E-state index contributed by atoms with van der Waals surface area (Å²) in [5.41, 5.74) is 5.66. The van der Waals surface area contributed by atoms with Crippen molar-refractivity contribution in [2.45, 2.75) is 13.0 Å². The molecule has 5 nitrogen and oxygen atoms in total. The van der Waals surface area contributed by atoms with Crippen molar-refractivity contribution in [2.75, 3.05) is 13.1 Å². The minimum atomic E-state index is -0.547. The van der Waals surface area contributed by atoms with Crippen LogP contribution in [0.3, 0.4) is 0 Å². The summed E-state index contributed by atoms with van der Waals surface area (Å²) in [7, 11) is 0. The van der Waals surface area contributed by atoms with Crippen molar-refractivity contribution >= 4 is 6.03 Å². The minimum Gasteiger partial charge on any atom is -0.352 e. The van der Waals surface area contributed by atoms with E-state index in [-0.39, 0.29) is 11.9 Å². The Labute approximate surface area is 93.2 Å². The fourth-order valence-corrected chi connectivity index (χ4v) is 1.22. The molecule has 4 N–H and O–H groups in total. The van der Waals surface area contributed by atoms with Crippen LogP contribution in [-0.4, -0.2) is 24.1 Å². The zero-order valence-electron chi connectivity index (χ0n) is 9.03. The molecule has 0 aliphatic rings. The third-order valence-electron chi connectivity index (χ3n) is 2.07. The van der Waals surface area contributed by atoms with Crippen molar-refractivity contribution < 1.29 is 9.18 Å². The lowest BCUT2D eigenvalue weighted by molar-refractivity contribution is 0.249. The Morgan fingerprint density at radius 1 is 1.56 bits per heavy atom. The number of hydrogen-bond acceptors (Lipinski definition) is 3. The largest absolute Gasteiger partial charge is 0.352 e. The van der Waals surface area contributed by atoms with E-state index in [0.29, 0.717) is 13.1 Å². The maximum absolute atomic E-state index is 12.6. The average Bonchev–Trinajstić information content (AvgIpc) is 2.25. The zero-order valence-corrected chi connectivity index (χ0v) is 9.03. The molecule has 2 amide bonds. The van der Waals surface area contributed by atoms with E-state index in [2.05, 4.69) is 15.6 Å². The first-order chi connectivity index (χ1) is 7.59. The van der Waals surface area contributed by atoms with Gasteiger partial charge in [-0.2, -0.15) is 0 Å². The summed E-state index contributed by atoms with van der Waals surface area (Å²) in [6.07, 6.45) is 1.18. The molecule has 1 atom stereocenters. The predicted molar refractivity (Wildman–Crippen MR) is 58.2 cm³/mol. The molecule has 0 saturated carbocycles. The summed E-state index contributed by atoms with van der Waals surface area (Å²) in [6, 6.07) is 2.43. The molecular weight excluding hydrogens is 211 g/mol.